The molecule has 0 amide bonds. The number of benzene rings is 1. The lowest BCUT2D eigenvalue weighted by molar-refractivity contribution is 0.0172. The van der Waals surface area contributed by atoms with Crippen molar-refractivity contribution in [2.45, 2.75) is 18.6 Å². The second-order valence-corrected chi connectivity index (χ2v) is 4.47. The Balaban J connectivity index is 2.12. The quantitative estimate of drug-likeness (QED) is 0.724. The smallest absolute Gasteiger partial charge is 0.166 e. The summed E-state index contributed by atoms with van der Waals surface area (Å²) in [6.45, 7) is 0. The van der Waals surface area contributed by atoms with E-state index in [1.807, 2.05) is 12.1 Å². The number of hydrogen-bond donors (Lipinski definition) is 3. The molecule has 0 spiro atoms. The number of aliphatic hydroxyl groups is 2. The zero-order valence-corrected chi connectivity index (χ0v) is 10.6. The molecule has 0 aliphatic heterocycles. The Hall–Kier alpha value is -1.30. The molecule has 96 valence electrons. The second-order valence-electron chi connectivity index (χ2n) is 4.02. The molecule has 5 heteroatoms. The van der Waals surface area contributed by atoms with Crippen molar-refractivity contribution in [3.05, 3.63) is 42.1 Å². The fourth-order valence-electron chi connectivity index (χ4n) is 1.72. The van der Waals surface area contributed by atoms with Gasteiger partial charge >= 0.3 is 0 Å². The summed E-state index contributed by atoms with van der Waals surface area (Å²) in [5, 5.41) is 23.3. The van der Waals surface area contributed by atoms with E-state index in [9.17, 15) is 10.2 Å². The largest absolute Gasteiger partial charge is 0.390 e. The van der Waals surface area contributed by atoms with Gasteiger partial charge in [-0.15, -0.1) is 0 Å². The van der Waals surface area contributed by atoms with Crippen molar-refractivity contribution in [1.82, 2.24) is 5.16 Å². The standard InChI is InChI=1S/C13H15NO3S/c15-11(6-8-18)13(16)10-3-1-9(2-4-10)12-5-7-14-17-12/h1-5,7,11,13,15-16,18H,6,8H2. The Morgan fingerprint density at radius 1 is 1.17 bits per heavy atom. The molecule has 0 saturated carbocycles. The molecule has 2 rings (SSSR count). The average molecular weight is 265 g/mol. The molecule has 1 heterocycles. The summed E-state index contributed by atoms with van der Waals surface area (Å²) in [5.41, 5.74) is 1.56. The van der Waals surface area contributed by atoms with Gasteiger partial charge in [-0.1, -0.05) is 29.4 Å². The van der Waals surface area contributed by atoms with Crippen LogP contribution in [0.3, 0.4) is 0 Å². The van der Waals surface area contributed by atoms with Gasteiger partial charge in [-0.25, -0.2) is 0 Å². The third-order valence-corrected chi connectivity index (χ3v) is 3.02. The zero-order valence-electron chi connectivity index (χ0n) is 9.73. The summed E-state index contributed by atoms with van der Waals surface area (Å²) in [6, 6.07) is 8.95. The van der Waals surface area contributed by atoms with Crippen LogP contribution in [0.5, 0.6) is 0 Å². The van der Waals surface area contributed by atoms with Gasteiger partial charge in [-0.3, -0.25) is 0 Å². The molecular formula is C13H15NO3S. The van der Waals surface area contributed by atoms with Crippen LogP contribution in [0.1, 0.15) is 18.1 Å². The molecule has 0 radical (unpaired) electrons. The Kier molecular flexibility index (Phi) is 4.41. The Morgan fingerprint density at radius 2 is 1.89 bits per heavy atom. The monoisotopic (exact) mass is 265 g/mol. The molecule has 0 aliphatic rings. The number of hydrogen-bond acceptors (Lipinski definition) is 5. The van der Waals surface area contributed by atoms with Gasteiger partial charge in [0, 0.05) is 11.6 Å². The lowest BCUT2D eigenvalue weighted by atomic mass is 10.0. The fraction of sp³-hybridized carbons (Fsp3) is 0.308. The first-order valence-electron chi connectivity index (χ1n) is 5.70. The molecule has 2 aromatic rings. The van der Waals surface area contributed by atoms with Crippen LogP contribution in [-0.4, -0.2) is 27.2 Å². The third-order valence-electron chi connectivity index (χ3n) is 2.76. The van der Waals surface area contributed by atoms with Crippen LogP contribution in [0.2, 0.25) is 0 Å². The van der Waals surface area contributed by atoms with Crippen LogP contribution < -0.4 is 0 Å². The molecular weight excluding hydrogens is 250 g/mol. The van der Waals surface area contributed by atoms with Crippen molar-refractivity contribution in [1.29, 1.82) is 0 Å². The Morgan fingerprint density at radius 3 is 2.44 bits per heavy atom. The molecule has 1 aromatic heterocycles. The van der Waals surface area contributed by atoms with E-state index in [1.54, 1.807) is 24.4 Å². The van der Waals surface area contributed by atoms with Gasteiger partial charge < -0.3 is 14.7 Å². The summed E-state index contributed by atoms with van der Waals surface area (Å²) in [6.07, 6.45) is 0.349. The summed E-state index contributed by atoms with van der Waals surface area (Å²) in [5.74, 6) is 1.21. The van der Waals surface area contributed by atoms with Gasteiger partial charge in [0.05, 0.1) is 12.3 Å². The summed E-state index contributed by atoms with van der Waals surface area (Å²) in [7, 11) is 0. The van der Waals surface area contributed by atoms with Crippen molar-refractivity contribution in [3.63, 3.8) is 0 Å². The molecule has 1 aromatic carbocycles. The molecule has 0 aliphatic carbocycles. The van der Waals surface area contributed by atoms with E-state index in [4.69, 9.17) is 4.52 Å². The van der Waals surface area contributed by atoms with E-state index in [-0.39, 0.29) is 0 Å². The molecule has 2 unspecified atom stereocenters. The maximum absolute atomic E-state index is 9.92. The predicted molar refractivity (Wildman–Crippen MR) is 71.4 cm³/mol. The first-order chi connectivity index (χ1) is 8.72. The van der Waals surface area contributed by atoms with Gasteiger partial charge in [0.15, 0.2) is 5.76 Å². The Labute approximate surface area is 111 Å². The normalized spacial score (nSPS) is 14.4. The first kappa shape index (κ1) is 13.1. The summed E-state index contributed by atoms with van der Waals surface area (Å²) >= 11 is 4.03. The highest BCUT2D eigenvalue weighted by Crippen LogP contribution is 2.24. The number of rotatable bonds is 5. The SMILES string of the molecule is OC(CCS)C(O)c1ccc(-c2ccno2)cc1. The van der Waals surface area contributed by atoms with Crippen LogP contribution in [0.15, 0.2) is 41.1 Å². The minimum absolute atomic E-state index is 0.453. The molecule has 0 fully saturated rings. The number of thiol groups is 1. The van der Waals surface area contributed by atoms with Crippen LogP contribution >= 0.6 is 12.6 Å². The summed E-state index contributed by atoms with van der Waals surface area (Å²) in [4.78, 5) is 0. The lowest BCUT2D eigenvalue weighted by Crippen LogP contribution is -2.18. The Bertz CT molecular complexity index is 469. The molecule has 0 bridgehead atoms. The molecule has 4 nitrogen and oxygen atoms in total. The van der Waals surface area contributed by atoms with E-state index >= 15 is 0 Å². The van der Waals surface area contributed by atoms with E-state index in [0.717, 1.165) is 5.56 Å². The molecule has 2 N–H and O–H groups in total. The van der Waals surface area contributed by atoms with E-state index in [0.29, 0.717) is 23.5 Å². The van der Waals surface area contributed by atoms with Gasteiger partial charge in [-0.2, -0.15) is 12.6 Å². The van der Waals surface area contributed by atoms with E-state index < -0.39 is 12.2 Å². The number of nitrogens with zero attached hydrogens (tertiary/aromatic N) is 1. The van der Waals surface area contributed by atoms with Crippen molar-refractivity contribution < 1.29 is 14.7 Å². The number of aliphatic hydroxyl groups excluding tert-OH is 2. The minimum atomic E-state index is -0.888. The minimum Gasteiger partial charge on any atom is -0.390 e. The lowest BCUT2D eigenvalue weighted by Gasteiger charge is -2.17. The molecule has 0 saturated heterocycles. The zero-order chi connectivity index (χ0) is 13.0. The maximum Gasteiger partial charge on any atom is 0.166 e. The number of aromatic nitrogens is 1. The van der Waals surface area contributed by atoms with Gasteiger partial charge in [0.2, 0.25) is 0 Å². The fourth-order valence-corrected chi connectivity index (χ4v) is 1.99. The highest BCUT2D eigenvalue weighted by molar-refractivity contribution is 7.80. The van der Waals surface area contributed by atoms with Gasteiger partial charge in [0.25, 0.3) is 0 Å². The molecule has 2 atom stereocenters. The van der Waals surface area contributed by atoms with E-state index in [1.165, 1.54) is 0 Å². The van der Waals surface area contributed by atoms with Gasteiger partial charge in [-0.05, 0) is 17.7 Å². The van der Waals surface area contributed by atoms with Crippen LogP contribution in [0.25, 0.3) is 11.3 Å². The highest BCUT2D eigenvalue weighted by Gasteiger charge is 2.17. The van der Waals surface area contributed by atoms with Crippen molar-refractivity contribution >= 4 is 12.6 Å². The van der Waals surface area contributed by atoms with Crippen LogP contribution in [0.4, 0.5) is 0 Å². The summed E-state index contributed by atoms with van der Waals surface area (Å²) < 4.78 is 5.03. The highest BCUT2D eigenvalue weighted by atomic mass is 32.1. The van der Waals surface area contributed by atoms with E-state index in [2.05, 4.69) is 17.8 Å². The van der Waals surface area contributed by atoms with Crippen LogP contribution in [-0.2, 0) is 0 Å². The topological polar surface area (TPSA) is 66.5 Å². The van der Waals surface area contributed by atoms with Crippen molar-refractivity contribution in [2.75, 3.05) is 5.75 Å². The molecule has 18 heavy (non-hydrogen) atoms. The first-order valence-corrected chi connectivity index (χ1v) is 6.33. The third kappa shape index (κ3) is 2.93. The average Bonchev–Trinajstić information content (AvgIpc) is 2.92. The van der Waals surface area contributed by atoms with Gasteiger partial charge in [0.1, 0.15) is 6.10 Å². The van der Waals surface area contributed by atoms with Crippen molar-refractivity contribution in [3.8, 4) is 11.3 Å². The van der Waals surface area contributed by atoms with Crippen molar-refractivity contribution in [2.24, 2.45) is 0 Å². The second kappa shape index (κ2) is 6.04. The van der Waals surface area contributed by atoms with Crippen LogP contribution in [0, 0.1) is 0 Å². The maximum atomic E-state index is 9.92. The predicted octanol–water partition coefficient (Wildman–Crippen LogP) is 2.06.